The van der Waals surface area contributed by atoms with E-state index in [0.717, 1.165) is 0 Å². The third-order valence-electron chi connectivity index (χ3n) is 4.31. The molecule has 0 spiro atoms. The summed E-state index contributed by atoms with van der Waals surface area (Å²) < 4.78 is 16.3. The molecule has 4 rings (SSSR count). The predicted octanol–water partition coefficient (Wildman–Crippen LogP) is 3.24. The number of carbonyl (C=O) groups is 1. The summed E-state index contributed by atoms with van der Waals surface area (Å²) in [5.41, 5.74) is 0.664. The van der Waals surface area contributed by atoms with Crippen molar-refractivity contribution in [3.05, 3.63) is 87.9 Å². The van der Waals surface area contributed by atoms with E-state index in [2.05, 4.69) is 15.5 Å². The molecule has 0 aliphatic rings. The number of anilines is 1. The van der Waals surface area contributed by atoms with Crippen LogP contribution in [0.3, 0.4) is 0 Å². The molecule has 1 N–H and O–H groups in total. The highest BCUT2D eigenvalue weighted by Gasteiger charge is 2.13. The number of amides is 1. The number of nitrogens with one attached hydrogen (secondary N) is 1. The number of hydrogen-bond acceptors (Lipinski definition) is 4. The summed E-state index contributed by atoms with van der Waals surface area (Å²) in [4.78, 5) is 24.9. The highest BCUT2D eigenvalue weighted by atomic mass is 35.5. The van der Waals surface area contributed by atoms with Gasteiger partial charge in [0.15, 0.2) is 0 Å². The van der Waals surface area contributed by atoms with Gasteiger partial charge >= 0.3 is 5.56 Å². The number of rotatable bonds is 5. The number of nitrogens with zero attached hydrogens (tertiary/aromatic N) is 4. The van der Waals surface area contributed by atoms with Crippen molar-refractivity contribution in [2.24, 2.45) is 0 Å². The first-order valence-electron chi connectivity index (χ1n) is 8.78. The zero-order valence-electron chi connectivity index (χ0n) is 15.0. The smallest absolute Gasteiger partial charge is 0.300 e. The monoisotopic (exact) mass is 411 g/mol. The SMILES string of the molecule is O=C(CCc1nnc2c(=O)n(-c3cccc(F)c3)ccn12)Nc1cccc(Cl)c1. The van der Waals surface area contributed by atoms with Crippen molar-refractivity contribution in [2.75, 3.05) is 5.32 Å². The molecular weight excluding hydrogens is 397 g/mol. The molecule has 0 aliphatic carbocycles. The van der Waals surface area contributed by atoms with Crippen LogP contribution in [0.1, 0.15) is 12.2 Å². The summed E-state index contributed by atoms with van der Waals surface area (Å²) in [7, 11) is 0. The lowest BCUT2D eigenvalue weighted by molar-refractivity contribution is -0.116. The zero-order chi connectivity index (χ0) is 20.4. The second-order valence-corrected chi connectivity index (χ2v) is 6.76. The van der Waals surface area contributed by atoms with Gasteiger partial charge in [-0.1, -0.05) is 23.7 Å². The van der Waals surface area contributed by atoms with Crippen molar-refractivity contribution < 1.29 is 9.18 Å². The number of aryl methyl sites for hydroxylation is 1. The molecule has 0 radical (unpaired) electrons. The average Bonchev–Trinajstić information content (AvgIpc) is 3.11. The van der Waals surface area contributed by atoms with Crippen molar-refractivity contribution in [1.82, 2.24) is 19.2 Å². The van der Waals surface area contributed by atoms with Gasteiger partial charge in [-0.15, -0.1) is 10.2 Å². The summed E-state index contributed by atoms with van der Waals surface area (Å²) in [5, 5.41) is 11.2. The van der Waals surface area contributed by atoms with E-state index < -0.39 is 11.4 Å². The Balaban J connectivity index is 1.53. The summed E-state index contributed by atoms with van der Waals surface area (Å²) in [5.74, 6) is -0.177. The molecule has 0 atom stereocenters. The molecule has 0 bridgehead atoms. The summed E-state index contributed by atoms with van der Waals surface area (Å²) >= 11 is 5.91. The molecule has 0 aliphatic heterocycles. The third kappa shape index (κ3) is 4.02. The Labute approximate surface area is 169 Å². The van der Waals surface area contributed by atoms with E-state index in [-0.39, 0.29) is 24.4 Å². The number of carbonyl (C=O) groups excluding carboxylic acids is 1. The molecule has 0 fully saturated rings. The first-order chi connectivity index (χ1) is 14.0. The Bertz CT molecular complexity index is 1270. The maximum absolute atomic E-state index is 13.5. The lowest BCUT2D eigenvalue weighted by atomic mass is 10.2. The van der Waals surface area contributed by atoms with Crippen LogP contribution < -0.4 is 10.9 Å². The molecule has 146 valence electrons. The fourth-order valence-corrected chi connectivity index (χ4v) is 3.14. The van der Waals surface area contributed by atoms with Crippen molar-refractivity contribution in [3.8, 4) is 5.69 Å². The number of hydrogen-bond donors (Lipinski definition) is 1. The van der Waals surface area contributed by atoms with Gasteiger partial charge in [-0.2, -0.15) is 0 Å². The van der Waals surface area contributed by atoms with Gasteiger partial charge in [0.25, 0.3) is 0 Å². The highest BCUT2D eigenvalue weighted by Crippen LogP contribution is 2.15. The summed E-state index contributed by atoms with van der Waals surface area (Å²) in [6.45, 7) is 0. The van der Waals surface area contributed by atoms with E-state index >= 15 is 0 Å². The van der Waals surface area contributed by atoms with Gasteiger partial charge in [-0.25, -0.2) is 4.39 Å². The van der Waals surface area contributed by atoms with Crippen LogP contribution in [0.5, 0.6) is 0 Å². The van der Waals surface area contributed by atoms with Crippen LogP contribution in [0.25, 0.3) is 11.3 Å². The summed E-state index contributed by atoms with van der Waals surface area (Å²) in [6.07, 6.45) is 3.58. The zero-order valence-corrected chi connectivity index (χ0v) is 15.8. The molecule has 9 heteroatoms. The standard InChI is InChI=1S/C20H15ClFN5O2/c21-13-3-1-5-15(11-13)23-18(28)8-7-17-24-25-19-20(29)26(9-10-27(17)19)16-6-2-4-14(22)12-16/h1-6,9-12H,7-8H2,(H,23,28). The molecule has 0 saturated heterocycles. The molecule has 2 heterocycles. The van der Waals surface area contributed by atoms with Crippen LogP contribution in [0, 0.1) is 5.82 Å². The largest absolute Gasteiger partial charge is 0.326 e. The Morgan fingerprint density at radius 1 is 1.10 bits per heavy atom. The van der Waals surface area contributed by atoms with E-state index in [4.69, 9.17) is 11.6 Å². The van der Waals surface area contributed by atoms with Crippen molar-refractivity contribution in [1.29, 1.82) is 0 Å². The Kier molecular flexibility index (Phi) is 5.09. The third-order valence-corrected chi connectivity index (χ3v) is 4.55. The minimum atomic E-state index is -0.442. The second-order valence-electron chi connectivity index (χ2n) is 6.32. The first-order valence-corrected chi connectivity index (χ1v) is 9.16. The minimum Gasteiger partial charge on any atom is -0.326 e. The van der Waals surface area contributed by atoms with Crippen LogP contribution in [-0.4, -0.2) is 25.1 Å². The number of benzene rings is 2. The van der Waals surface area contributed by atoms with Crippen LogP contribution in [0.15, 0.2) is 65.7 Å². The van der Waals surface area contributed by atoms with Gasteiger partial charge in [0, 0.05) is 35.9 Å². The van der Waals surface area contributed by atoms with E-state index in [9.17, 15) is 14.0 Å². The fourth-order valence-electron chi connectivity index (χ4n) is 2.95. The topological polar surface area (TPSA) is 81.3 Å². The summed E-state index contributed by atoms with van der Waals surface area (Å²) in [6, 6.07) is 12.6. The van der Waals surface area contributed by atoms with E-state index in [1.165, 1.54) is 33.4 Å². The quantitative estimate of drug-likeness (QED) is 0.546. The van der Waals surface area contributed by atoms with Gasteiger partial charge in [0.1, 0.15) is 11.6 Å². The highest BCUT2D eigenvalue weighted by molar-refractivity contribution is 6.30. The van der Waals surface area contributed by atoms with E-state index in [0.29, 0.717) is 22.2 Å². The first kappa shape index (κ1) is 18.8. The molecule has 2 aromatic heterocycles. The maximum Gasteiger partial charge on any atom is 0.300 e. The molecule has 29 heavy (non-hydrogen) atoms. The van der Waals surface area contributed by atoms with Crippen LogP contribution in [0.4, 0.5) is 10.1 Å². The average molecular weight is 412 g/mol. The fraction of sp³-hybridized carbons (Fsp3) is 0.100. The molecule has 7 nitrogen and oxygen atoms in total. The van der Waals surface area contributed by atoms with Crippen LogP contribution in [0.2, 0.25) is 5.02 Å². The molecule has 1 amide bonds. The van der Waals surface area contributed by atoms with E-state index in [1.807, 2.05) is 0 Å². The predicted molar refractivity (Wildman–Crippen MR) is 107 cm³/mol. The van der Waals surface area contributed by atoms with Crippen molar-refractivity contribution in [2.45, 2.75) is 12.8 Å². The lowest BCUT2D eigenvalue weighted by Gasteiger charge is -2.07. The van der Waals surface area contributed by atoms with Crippen molar-refractivity contribution in [3.63, 3.8) is 0 Å². The number of fused-ring (bicyclic) bond motifs is 1. The Morgan fingerprint density at radius 3 is 2.72 bits per heavy atom. The van der Waals surface area contributed by atoms with Gasteiger partial charge in [0.2, 0.25) is 11.6 Å². The van der Waals surface area contributed by atoms with E-state index in [1.54, 1.807) is 36.5 Å². The Morgan fingerprint density at radius 2 is 1.93 bits per heavy atom. The normalized spacial score (nSPS) is 11.0. The maximum atomic E-state index is 13.5. The minimum absolute atomic E-state index is 0.0991. The van der Waals surface area contributed by atoms with Gasteiger partial charge in [-0.05, 0) is 36.4 Å². The molecular formula is C20H15ClFN5O2. The number of aromatic nitrogens is 4. The van der Waals surface area contributed by atoms with Crippen molar-refractivity contribution >= 4 is 28.8 Å². The molecule has 4 aromatic rings. The number of halogens is 2. The lowest BCUT2D eigenvalue weighted by Crippen LogP contribution is -2.20. The van der Waals surface area contributed by atoms with Gasteiger partial charge in [-0.3, -0.25) is 18.6 Å². The van der Waals surface area contributed by atoms with Crippen LogP contribution in [-0.2, 0) is 11.2 Å². The molecule has 0 unspecified atom stereocenters. The van der Waals surface area contributed by atoms with Gasteiger partial charge in [0.05, 0.1) is 5.69 Å². The molecule has 2 aromatic carbocycles. The van der Waals surface area contributed by atoms with Crippen LogP contribution >= 0.6 is 11.6 Å². The Hall–Kier alpha value is -3.52. The van der Waals surface area contributed by atoms with Gasteiger partial charge < -0.3 is 5.32 Å². The molecule has 0 saturated carbocycles. The second kappa shape index (κ2) is 7.84.